The number of rotatable bonds is 4. The van der Waals surface area contributed by atoms with Gasteiger partial charge in [-0.2, -0.15) is 0 Å². The molecule has 2 amide bonds. The maximum Gasteiger partial charge on any atom is 0.335 e. The maximum absolute atomic E-state index is 11.8. The van der Waals surface area contributed by atoms with E-state index in [0.717, 1.165) is 18.4 Å². The number of benzene rings is 1. The standard InChI is InChI=1S/C15H20N2O4/c18-13-6-4-12(5-7-13)17-15(21)16-9-10-2-1-3-11(8-10)14(19)20/h1-3,8,12-13,18H,4-7,9H2,(H,19,20)(H2,16,17,21). The zero-order valence-electron chi connectivity index (χ0n) is 11.7. The van der Waals surface area contributed by atoms with Crippen molar-refractivity contribution in [3.8, 4) is 0 Å². The van der Waals surface area contributed by atoms with Crippen LogP contribution < -0.4 is 10.6 Å². The summed E-state index contributed by atoms with van der Waals surface area (Å²) in [4.78, 5) is 22.6. The molecular weight excluding hydrogens is 272 g/mol. The summed E-state index contributed by atoms with van der Waals surface area (Å²) in [6.07, 6.45) is 2.74. The summed E-state index contributed by atoms with van der Waals surface area (Å²) >= 11 is 0. The summed E-state index contributed by atoms with van der Waals surface area (Å²) in [5, 5.41) is 23.9. The van der Waals surface area contributed by atoms with Crippen LogP contribution in [0.2, 0.25) is 0 Å². The second-order valence-corrected chi connectivity index (χ2v) is 5.34. The Balaban J connectivity index is 1.78. The Morgan fingerprint density at radius 2 is 1.90 bits per heavy atom. The van der Waals surface area contributed by atoms with E-state index in [1.807, 2.05) is 0 Å². The zero-order chi connectivity index (χ0) is 15.2. The lowest BCUT2D eigenvalue weighted by molar-refractivity contribution is 0.0696. The first-order valence-corrected chi connectivity index (χ1v) is 7.09. The van der Waals surface area contributed by atoms with Gasteiger partial charge in [0.1, 0.15) is 0 Å². The van der Waals surface area contributed by atoms with E-state index in [9.17, 15) is 14.7 Å². The van der Waals surface area contributed by atoms with Gasteiger partial charge in [-0.1, -0.05) is 12.1 Å². The Bertz CT molecular complexity index is 510. The lowest BCUT2D eigenvalue weighted by atomic mass is 9.93. The van der Waals surface area contributed by atoms with Gasteiger partial charge in [0.2, 0.25) is 0 Å². The predicted molar refractivity (Wildman–Crippen MR) is 77.0 cm³/mol. The third-order valence-electron chi connectivity index (χ3n) is 3.66. The van der Waals surface area contributed by atoms with E-state index in [4.69, 9.17) is 5.11 Å². The average molecular weight is 292 g/mol. The highest BCUT2D eigenvalue weighted by atomic mass is 16.4. The molecule has 0 bridgehead atoms. The number of carbonyl (C=O) groups is 2. The second kappa shape index (κ2) is 7.08. The fourth-order valence-electron chi connectivity index (χ4n) is 2.45. The van der Waals surface area contributed by atoms with E-state index >= 15 is 0 Å². The van der Waals surface area contributed by atoms with E-state index < -0.39 is 5.97 Å². The van der Waals surface area contributed by atoms with E-state index in [-0.39, 0.29) is 30.3 Å². The third-order valence-corrected chi connectivity index (χ3v) is 3.66. The zero-order valence-corrected chi connectivity index (χ0v) is 11.7. The topological polar surface area (TPSA) is 98.7 Å². The minimum Gasteiger partial charge on any atom is -0.478 e. The molecule has 0 aromatic heterocycles. The highest BCUT2D eigenvalue weighted by Crippen LogP contribution is 2.18. The first kappa shape index (κ1) is 15.3. The first-order chi connectivity index (χ1) is 10.0. The number of carboxylic acids is 1. The van der Waals surface area contributed by atoms with Crippen molar-refractivity contribution in [1.82, 2.24) is 10.6 Å². The number of urea groups is 1. The summed E-state index contributed by atoms with van der Waals surface area (Å²) in [6, 6.07) is 6.31. The molecule has 0 aliphatic heterocycles. The molecule has 0 unspecified atom stereocenters. The molecule has 1 aromatic carbocycles. The Labute approximate surface area is 123 Å². The smallest absolute Gasteiger partial charge is 0.335 e. The van der Waals surface area contributed by atoms with Crippen LogP contribution in [-0.2, 0) is 6.54 Å². The predicted octanol–water partition coefficient (Wildman–Crippen LogP) is 1.49. The number of aliphatic hydroxyl groups is 1. The summed E-state index contributed by atoms with van der Waals surface area (Å²) in [6.45, 7) is 0.280. The summed E-state index contributed by atoms with van der Waals surface area (Å²) in [5.41, 5.74) is 0.945. The lowest BCUT2D eigenvalue weighted by Gasteiger charge is -2.26. The number of aromatic carboxylic acids is 1. The number of nitrogens with one attached hydrogen (secondary N) is 2. The van der Waals surface area contributed by atoms with Gasteiger partial charge in [-0.3, -0.25) is 0 Å². The van der Waals surface area contributed by atoms with E-state index in [1.54, 1.807) is 18.2 Å². The van der Waals surface area contributed by atoms with Crippen LogP contribution in [0, 0.1) is 0 Å². The Kier molecular flexibility index (Phi) is 5.16. The van der Waals surface area contributed by atoms with Crippen LogP contribution in [0.15, 0.2) is 24.3 Å². The minimum atomic E-state index is -0.984. The molecule has 0 saturated heterocycles. The number of hydrogen-bond acceptors (Lipinski definition) is 3. The molecule has 1 saturated carbocycles. The van der Waals surface area contributed by atoms with E-state index in [0.29, 0.717) is 12.8 Å². The van der Waals surface area contributed by atoms with Crippen LogP contribution >= 0.6 is 0 Å². The third kappa shape index (κ3) is 4.75. The molecule has 0 heterocycles. The second-order valence-electron chi connectivity index (χ2n) is 5.34. The highest BCUT2D eigenvalue weighted by molar-refractivity contribution is 5.87. The molecular formula is C15H20N2O4. The number of carboxylic acid groups (broad SMARTS) is 1. The van der Waals surface area contributed by atoms with Crippen LogP contribution in [0.4, 0.5) is 4.79 Å². The number of amides is 2. The number of hydrogen-bond donors (Lipinski definition) is 4. The summed E-state index contributed by atoms with van der Waals surface area (Å²) < 4.78 is 0. The molecule has 1 aromatic rings. The van der Waals surface area contributed by atoms with Gasteiger partial charge in [0, 0.05) is 12.6 Å². The van der Waals surface area contributed by atoms with Gasteiger partial charge in [0.15, 0.2) is 0 Å². The Morgan fingerprint density at radius 1 is 1.19 bits per heavy atom. The average Bonchev–Trinajstić information content (AvgIpc) is 2.48. The van der Waals surface area contributed by atoms with Crippen LogP contribution in [-0.4, -0.2) is 34.4 Å². The lowest BCUT2D eigenvalue weighted by Crippen LogP contribution is -2.43. The Hall–Kier alpha value is -2.08. The van der Waals surface area contributed by atoms with Crippen molar-refractivity contribution in [1.29, 1.82) is 0 Å². The van der Waals surface area contributed by atoms with Crippen molar-refractivity contribution < 1.29 is 19.8 Å². The van der Waals surface area contributed by atoms with Gasteiger partial charge in [-0.05, 0) is 43.4 Å². The van der Waals surface area contributed by atoms with Gasteiger partial charge in [-0.15, -0.1) is 0 Å². The first-order valence-electron chi connectivity index (χ1n) is 7.09. The fraction of sp³-hybridized carbons (Fsp3) is 0.467. The monoisotopic (exact) mass is 292 g/mol. The van der Waals surface area contributed by atoms with Crippen LogP contribution in [0.5, 0.6) is 0 Å². The maximum atomic E-state index is 11.8. The van der Waals surface area contributed by atoms with Crippen LogP contribution in [0.25, 0.3) is 0 Å². The molecule has 0 spiro atoms. The highest BCUT2D eigenvalue weighted by Gasteiger charge is 2.20. The van der Waals surface area contributed by atoms with E-state index in [1.165, 1.54) is 6.07 Å². The molecule has 21 heavy (non-hydrogen) atoms. The van der Waals surface area contributed by atoms with Gasteiger partial charge in [0.25, 0.3) is 0 Å². The summed E-state index contributed by atoms with van der Waals surface area (Å²) in [7, 11) is 0. The largest absolute Gasteiger partial charge is 0.478 e. The van der Waals surface area contributed by atoms with Crippen molar-refractivity contribution in [2.24, 2.45) is 0 Å². The van der Waals surface area contributed by atoms with Gasteiger partial charge in [0.05, 0.1) is 11.7 Å². The molecule has 4 N–H and O–H groups in total. The van der Waals surface area contributed by atoms with Crippen molar-refractivity contribution in [3.05, 3.63) is 35.4 Å². The molecule has 2 rings (SSSR count). The van der Waals surface area contributed by atoms with Crippen molar-refractivity contribution >= 4 is 12.0 Å². The van der Waals surface area contributed by atoms with Gasteiger partial charge in [-0.25, -0.2) is 9.59 Å². The minimum absolute atomic E-state index is 0.0961. The molecule has 0 radical (unpaired) electrons. The van der Waals surface area contributed by atoms with Crippen LogP contribution in [0.1, 0.15) is 41.6 Å². The molecule has 6 nitrogen and oxygen atoms in total. The molecule has 1 aliphatic carbocycles. The molecule has 1 fully saturated rings. The van der Waals surface area contributed by atoms with Crippen molar-refractivity contribution in [3.63, 3.8) is 0 Å². The van der Waals surface area contributed by atoms with Gasteiger partial charge >= 0.3 is 12.0 Å². The van der Waals surface area contributed by atoms with Gasteiger partial charge < -0.3 is 20.8 Å². The molecule has 114 valence electrons. The summed E-state index contributed by atoms with van der Waals surface area (Å²) in [5.74, 6) is -0.984. The molecule has 1 aliphatic rings. The molecule has 6 heteroatoms. The van der Waals surface area contributed by atoms with E-state index in [2.05, 4.69) is 10.6 Å². The number of carbonyl (C=O) groups excluding carboxylic acids is 1. The van der Waals surface area contributed by atoms with Crippen LogP contribution in [0.3, 0.4) is 0 Å². The SMILES string of the molecule is O=C(NCc1cccc(C(=O)O)c1)NC1CCC(O)CC1. The number of aliphatic hydroxyl groups excluding tert-OH is 1. The molecule has 0 atom stereocenters. The quantitative estimate of drug-likeness (QED) is 0.675. The normalized spacial score (nSPS) is 21.6. The van der Waals surface area contributed by atoms with Crippen molar-refractivity contribution in [2.75, 3.05) is 0 Å². The Morgan fingerprint density at radius 3 is 2.57 bits per heavy atom. The van der Waals surface area contributed by atoms with Crippen molar-refractivity contribution in [2.45, 2.75) is 44.4 Å². The fourth-order valence-corrected chi connectivity index (χ4v) is 2.45.